The maximum absolute atomic E-state index is 12.2. The van der Waals surface area contributed by atoms with Gasteiger partial charge in [-0.25, -0.2) is 0 Å². The lowest BCUT2D eigenvalue weighted by Crippen LogP contribution is -2.01. The maximum Gasteiger partial charge on any atom is 0.296 e. The number of pyridine rings is 1. The molecule has 15 heteroatoms. The maximum atomic E-state index is 12.2. The van der Waals surface area contributed by atoms with Crippen LogP contribution in [0.15, 0.2) is 109 Å². The van der Waals surface area contributed by atoms with Gasteiger partial charge in [-0.15, -0.1) is 15.3 Å². The first-order valence-corrected chi connectivity index (χ1v) is 14.1. The van der Waals surface area contributed by atoms with Crippen LogP contribution in [0.25, 0.3) is 21.7 Å². The molecular weight excluding hydrogens is 562 g/mol. The summed E-state index contributed by atoms with van der Waals surface area (Å²) in [6.07, 6.45) is 1.51. The highest BCUT2D eigenvalue weighted by molar-refractivity contribution is 7.86. The molecule has 0 radical (unpaired) electrons. The van der Waals surface area contributed by atoms with E-state index in [2.05, 4.69) is 25.4 Å². The van der Waals surface area contributed by atoms with Gasteiger partial charge in [0.05, 0.1) is 16.6 Å². The van der Waals surface area contributed by atoms with E-state index in [1.165, 1.54) is 24.4 Å². The molecule has 202 valence electrons. The van der Waals surface area contributed by atoms with Gasteiger partial charge in [-0.05, 0) is 41.8 Å². The molecule has 0 saturated carbocycles. The number of phenols is 2. The van der Waals surface area contributed by atoms with Crippen LogP contribution >= 0.6 is 0 Å². The Labute approximate surface area is 226 Å². The molecule has 5 rings (SSSR count). The molecule has 0 saturated heterocycles. The predicted octanol–water partition coefficient (Wildman–Crippen LogP) is 6.12. The van der Waals surface area contributed by atoms with E-state index in [0.717, 1.165) is 12.1 Å². The van der Waals surface area contributed by atoms with E-state index < -0.39 is 58.3 Å². The number of rotatable bonds is 6. The van der Waals surface area contributed by atoms with Crippen molar-refractivity contribution in [2.75, 3.05) is 0 Å². The SMILES string of the molecule is O=S(=O)(O)c1cc2cc(S(=O)(=O)O)c(N=Nc3cccc4cccnc34)c(O)c2c(O)c1N=Nc1ccccc1. The smallest absolute Gasteiger partial charge is 0.296 e. The monoisotopic (exact) mass is 579 g/mol. The molecule has 5 aromatic rings. The standard InChI is InChI=1S/C25H17N5O8S2/c31-24-20-15(12-18(39(33,34)35)22(24)29-27-16-8-2-1-3-9-16)13-19(40(36,37)38)23(25(20)32)30-28-17-10-4-6-14-7-5-11-26-21(14)17/h1-13,31-32H,(H,33,34,35)(H,36,37,38). The Morgan fingerprint density at radius 2 is 1.20 bits per heavy atom. The number of para-hydroxylation sites is 1. The molecule has 4 aromatic carbocycles. The Kier molecular flexibility index (Phi) is 6.72. The minimum atomic E-state index is -5.08. The van der Waals surface area contributed by atoms with Gasteiger partial charge < -0.3 is 10.2 Å². The second kappa shape index (κ2) is 10.0. The van der Waals surface area contributed by atoms with Crippen molar-refractivity contribution in [3.63, 3.8) is 0 Å². The van der Waals surface area contributed by atoms with E-state index in [1.807, 2.05) is 0 Å². The first-order chi connectivity index (χ1) is 18.9. The second-order valence-corrected chi connectivity index (χ2v) is 11.1. The fourth-order valence-corrected chi connectivity index (χ4v) is 5.24. The third-order valence-electron chi connectivity index (χ3n) is 5.70. The second-order valence-electron chi connectivity index (χ2n) is 8.28. The van der Waals surface area contributed by atoms with Gasteiger partial charge in [0, 0.05) is 11.6 Å². The Balaban J connectivity index is 1.79. The van der Waals surface area contributed by atoms with Crippen LogP contribution in [0, 0.1) is 0 Å². The number of benzene rings is 4. The Bertz CT molecular complexity index is 2080. The fraction of sp³-hybridized carbons (Fsp3) is 0. The van der Waals surface area contributed by atoms with Crippen molar-refractivity contribution in [1.82, 2.24) is 4.98 Å². The van der Waals surface area contributed by atoms with E-state index in [9.17, 15) is 36.2 Å². The zero-order valence-corrected chi connectivity index (χ0v) is 21.6. The van der Waals surface area contributed by atoms with Crippen LogP contribution in [-0.2, 0) is 20.2 Å². The number of hydrogen-bond donors (Lipinski definition) is 4. The summed E-state index contributed by atoms with van der Waals surface area (Å²) in [4.78, 5) is 2.33. The third-order valence-corrected chi connectivity index (χ3v) is 7.43. The first kappa shape index (κ1) is 26.8. The van der Waals surface area contributed by atoms with Gasteiger partial charge >= 0.3 is 0 Å². The van der Waals surface area contributed by atoms with Gasteiger partial charge in [-0.1, -0.05) is 36.4 Å². The van der Waals surface area contributed by atoms with E-state index in [-0.39, 0.29) is 16.8 Å². The highest BCUT2D eigenvalue weighted by Gasteiger charge is 2.28. The first-order valence-electron chi connectivity index (χ1n) is 11.2. The van der Waals surface area contributed by atoms with Gasteiger partial charge in [-0.2, -0.15) is 21.9 Å². The molecule has 40 heavy (non-hydrogen) atoms. The molecular formula is C25H17N5O8S2. The molecule has 0 atom stereocenters. The Morgan fingerprint density at radius 3 is 1.80 bits per heavy atom. The average Bonchev–Trinajstić information content (AvgIpc) is 2.91. The van der Waals surface area contributed by atoms with Crippen LogP contribution in [0.4, 0.5) is 22.7 Å². The third kappa shape index (κ3) is 5.08. The predicted molar refractivity (Wildman–Crippen MR) is 143 cm³/mol. The summed E-state index contributed by atoms with van der Waals surface area (Å²) in [5.41, 5.74) is -0.625. The van der Waals surface area contributed by atoms with Crippen LogP contribution in [0.1, 0.15) is 0 Å². The van der Waals surface area contributed by atoms with Crippen LogP contribution in [-0.4, -0.2) is 41.1 Å². The van der Waals surface area contributed by atoms with Gasteiger partial charge in [-0.3, -0.25) is 14.1 Å². The summed E-state index contributed by atoms with van der Waals surface area (Å²) in [7, 11) is -10.1. The molecule has 13 nitrogen and oxygen atoms in total. The molecule has 1 aromatic heterocycles. The minimum Gasteiger partial charge on any atom is -0.505 e. The molecule has 4 N–H and O–H groups in total. The summed E-state index contributed by atoms with van der Waals surface area (Å²) >= 11 is 0. The number of fused-ring (bicyclic) bond motifs is 2. The summed E-state index contributed by atoms with van der Waals surface area (Å²) in [5, 5.41) is 37.4. The Hall–Kier alpha value is -4.83. The van der Waals surface area contributed by atoms with Crippen LogP contribution in [0.3, 0.4) is 0 Å². The molecule has 0 aliphatic rings. The van der Waals surface area contributed by atoms with E-state index in [0.29, 0.717) is 10.9 Å². The number of hydrogen-bond acceptors (Lipinski definition) is 11. The molecule has 0 unspecified atom stereocenters. The normalized spacial score (nSPS) is 12.7. The fourth-order valence-electron chi connectivity index (χ4n) is 3.92. The van der Waals surface area contributed by atoms with Gasteiger partial charge in [0.2, 0.25) is 0 Å². The lowest BCUT2D eigenvalue weighted by Gasteiger charge is -2.13. The van der Waals surface area contributed by atoms with E-state index in [1.54, 1.807) is 42.5 Å². The summed E-state index contributed by atoms with van der Waals surface area (Å²) < 4.78 is 68.4. The largest absolute Gasteiger partial charge is 0.505 e. The van der Waals surface area contributed by atoms with Crippen molar-refractivity contribution in [3.8, 4) is 11.5 Å². The zero-order chi connectivity index (χ0) is 28.7. The molecule has 0 aliphatic carbocycles. The number of azo groups is 2. The highest BCUT2D eigenvalue weighted by atomic mass is 32.2. The number of phenolic OH excluding ortho intramolecular Hbond substituents is 2. The highest BCUT2D eigenvalue weighted by Crippen LogP contribution is 2.50. The van der Waals surface area contributed by atoms with Crippen molar-refractivity contribution in [3.05, 3.63) is 79.0 Å². The van der Waals surface area contributed by atoms with Crippen LogP contribution < -0.4 is 0 Å². The molecule has 0 amide bonds. The number of nitrogens with zero attached hydrogens (tertiary/aromatic N) is 5. The van der Waals surface area contributed by atoms with Gasteiger partial charge in [0.1, 0.15) is 26.9 Å². The van der Waals surface area contributed by atoms with Crippen molar-refractivity contribution >= 4 is 64.7 Å². The van der Waals surface area contributed by atoms with Gasteiger partial charge in [0.25, 0.3) is 20.2 Å². The van der Waals surface area contributed by atoms with Crippen molar-refractivity contribution in [2.45, 2.75) is 9.79 Å². The number of aromatic hydroxyl groups is 2. The molecule has 0 fully saturated rings. The van der Waals surface area contributed by atoms with Crippen molar-refractivity contribution < 1.29 is 36.2 Å². The van der Waals surface area contributed by atoms with Crippen molar-refractivity contribution in [1.29, 1.82) is 0 Å². The topological polar surface area (TPSA) is 212 Å². The average molecular weight is 580 g/mol. The van der Waals surface area contributed by atoms with Crippen molar-refractivity contribution in [2.24, 2.45) is 20.5 Å². The molecule has 1 heterocycles. The van der Waals surface area contributed by atoms with Crippen LogP contribution in [0.2, 0.25) is 0 Å². The van der Waals surface area contributed by atoms with E-state index in [4.69, 9.17) is 0 Å². The van der Waals surface area contributed by atoms with Gasteiger partial charge in [0.15, 0.2) is 11.5 Å². The van der Waals surface area contributed by atoms with E-state index >= 15 is 0 Å². The summed E-state index contributed by atoms with van der Waals surface area (Å²) in [6, 6.07) is 17.9. The lowest BCUT2D eigenvalue weighted by atomic mass is 10.1. The molecule has 0 aliphatic heterocycles. The molecule has 0 spiro atoms. The number of aromatic nitrogens is 1. The minimum absolute atomic E-state index is 0.196. The summed E-state index contributed by atoms with van der Waals surface area (Å²) in [5.74, 6) is -1.94. The summed E-state index contributed by atoms with van der Waals surface area (Å²) in [6.45, 7) is 0. The Morgan fingerprint density at radius 1 is 0.625 bits per heavy atom. The van der Waals surface area contributed by atoms with Crippen LogP contribution in [0.5, 0.6) is 11.5 Å². The zero-order valence-electron chi connectivity index (χ0n) is 20.0. The lowest BCUT2D eigenvalue weighted by molar-refractivity contribution is 0.458. The quantitative estimate of drug-likeness (QED) is 0.134. The molecule has 0 bridgehead atoms.